The molecular weight excluding hydrogens is 228 g/mol. The van der Waals surface area contributed by atoms with Gasteiger partial charge in [0.05, 0.1) is 5.75 Å². The molecular formula is C10H20N2O3S. The lowest BCUT2D eigenvalue weighted by Gasteiger charge is -2.20. The van der Waals surface area contributed by atoms with Crippen LogP contribution in [0.15, 0.2) is 12.7 Å². The summed E-state index contributed by atoms with van der Waals surface area (Å²) in [6, 6.07) is 0. The third-order valence-electron chi connectivity index (χ3n) is 1.49. The monoisotopic (exact) mass is 248 g/mol. The topological polar surface area (TPSA) is 79.3 Å². The molecule has 0 aliphatic rings. The highest BCUT2D eigenvalue weighted by molar-refractivity contribution is 7.91. The van der Waals surface area contributed by atoms with E-state index in [0.717, 1.165) is 0 Å². The van der Waals surface area contributed by atoms with E-state index in [4.69, 9.17) is 9.52 Å². The van der Waals surface area contributed by atoms with Gasteiger partial charge < -0.3 is 4.74 Å². The summed E-state index contributed by atoms with van der Waals surface area (Å²) in [6.07, 6.45) is 2.10. The number of rotatable bonds is 5. The minimum atomic E-state index is -3.10. The fourth-order valence-electron chi connectivity index (χ4n) is 0.916. The van der Waals surface area contributed by atoms with Gasteiger partial charge in [0.25, 0.3) is 0 Å². The number of unbranched alkanes of at least 4 members (excludes halogenated alkanes) is 1. The maximum Gasteiger partial charge on any atom is 0.420 e. The van der Waals surface area contributed by atoms with Crippen LogP contribution in [-0.2, 0) is 14.7 Å². The van der Waals surface area contributed by atoms with Crippen molar-refractivity contribution in [3.63, 3.8) is 0 Å². The van der Waals surface area contributed by atoms with Crippen LogP contribution in [0, 0.1) is 4.78 Å². The van der Waals surface area contributed by atoms with Gasteiger partial charge in [-0.1, -0.05) is 6.08 Å². The molecule has 1 amide bonds. The Labute approximate surface area is 97.4 Å². The molecule has 0 fully saturated rings. The lowest BCUT2D eigenvalue weighted by Crippen LogP contribution is -2.36. The van der Waals surface area contributed by atoms with Gasteiger partial charge in [0, 0.05) is 0 Å². The molecule has 0 rings (SSSR count). The number of allylic oxidation sites excluding steroid dienone is 1. The van der Waals surface area contributed by atoms with Crippen molar-refractivity contribution in [2.75, 3.05) is 5.75 Å². The highest BCUT2D eigenvalue weighted by Crippen LogP contribution is 2.07. The first-order valence-corrected chi connectivity index (χ1v) is 6.77. The van der Waals surface area contributed by atoms with E-state index in [9.17, 15) is 9.00 Å². The standard InChI is InChI=1S/C10H20N2O3S/c1-5-6-7-8-16(11,14)12-9(13)15-10(2,3)4/h5H,1,6-8H2,2-4H3,(H2,11,12,13,14). The number of carbonyl (C=O) groups is 1. The van der Waals surface area contributed by atoms with Crippen LogP contribution in [0.3, 0.4) is 0 Å². The minimum absolute atomic E-state index is 0.109. The second-order valence-corrected chi connectivity index (χ2v) is 6.38. The summed E-state index contributed by atoms with van der Waals surface area (Å²) in [7, 11) is -3.10. The number of hydrogen-bond acceptors (Lipinski definition) is 4. The summed E-state index contributed by atoms with van der Waals surface area (Å²) in [5.74, 6) is 0.109. The van der Waals surface area contributed by atoms with E-state index in [2.05, 4.69) is 11.3 Å². The molecule has 0 saturated heterocycles. The Hall–Kier alpha value is -1.04. The first kappa shape index (κ1) is 15.0. The van der Waals surface area contributed by atoms with Crippen LogP contribution in [0.2, 0.25) is 0 Å². The molecule has 0 aromatic carbocycles. The van der Waals surface area contributed by atoms with Crippen LogP contribution in [0.25, 0.3) is 0 Å². The molecule has 0 bridgehead atoms. The van der Waals surface area contributed by atoms with Crippen LogP contribution in [0.4, 0.5) is 4.79 Å². The Morgan fingerprint density at radius 3 is 2.56 bits per heavy atom. The Kier molecular flexibility index (Phi) is 5.50. The van der Waals surface area contributed by atoms with Crippen molar-refractivity contribution in [2.24, 2.45) is 0 Å². The van der Waals surface area contributed by atoms with Gasteiger partial charge >= 0.3 is 6.09 Å². The molecule has 2 N–H and O–H groups in total. The van der Waals surface area contributed by atoms with Gasteiger partial charge in [0.1, 0.15) is 15.5 Å². The Morgan fingerprint density at radius 1 is 1.56 bits per heavy atom. The molecule has 0 radical (unpaired) electrons. The average molecular weight is 248 g/mol. The first-order chi connectivity index (χ1) is 7.16. The number of carbonyl (C=O) groups excluding carboxylic acids is 1. The van der Waals surface area contributed by atoms with Crippen LogP contribution in [-0.4, -0.2) is 21.7 Å². The molecule has 5 nitrogen and oxygen atoms in total. The lowest BCUT2D eigenvalue weighted by molar-refractivity contribution is 0.0571. The molecule has 0 aromatic rings. The molecule has 0 heterocycles. The highest BCUT2D eigenvalue weighted by Gasteiger charge is 2.19. The molecule has 1 atom stereocenters. The fourth-order valence-corrected chi connectivity index (χ4v) is 1.90. The van der Waals surface area contributed by atoms with Gasteiger partial charge in [-0.05, 0) is 33.6 Å². The number of amides is 1. The van der Waals surface area contributed by atoms with Gasteiger partial charge in [-0.3, -0.25) is 0 Å². The predicted octanol–water partition coefficient (Wildman–Crippen LogP) is 2.44. The minimum Gasteiger partial charge on any atom is -0.443 e. The zero-order valence-electron chi connectivity index (χ0n) is 10.0. The van der Waals surface area contributed by atoms with Crippen molar-refractivity contribution in [1.29, 1.82) is 4.78 Å². The van der Waals surface area contributed by atoms with Crippen molar-refractivity contribution >= 4 is 16.0 Å². The zero-order valence-corrected chi connectivity index (χ0v) is 10.9. The summed E-state index contributed by atoms with van der Waals surface area (Å²) in [4.78, 5) is 11.3. The molecule has 1 unspecified atom stereocenters. The van der Waals surface area contributed by atoms with E-state index < -0.39 is 21.6 Å². The molecule has 0 aromatic heterocycles. The van der Waals surface area contributed by atoms with Gasteiger partial charge in [0.2, 0.25) is 0 Å². The SMILES string of the molecule is C=CCCCS(=N)(=O)NC(=O)OC(C)(C)C. The molecule has 6 heteroatoms. The molecule has 94 valence electrons. The Balaban J connectivity index is 4.16. The number of hydrogen-bond donors (Lipinski definition) is 2. The molecule has 0 aliphatic heterocycles. The second-order valence-electron chi connectivity index (χ2n) is 4.41. The van der Waals surface area contributed by atoms with E-state index in [1.165, 1.54) is 0 Å². The number of nitrogens with one attached hydrogen (secondary N) is 2. The van der Waals surface area contributed by atoms with Crippen LogP contribution < -0.4 is 4.72 Å². The quantitative estimate of drug-likeness (QED) is 0.579. The van der Waals surface area contributed by atoms with E-state index in [1.807, 2.05) is 0 Å². The third kappa shape index (κ3) is 8.28. The molecule has 0 aliphatic carbocycles. The molecule has 16 heavy (non-hydrogen) atoms. The number of ether oxygens (including phenoxy) is 1. The van der Waals surface area contributed by atoms with E-state index in [-0.39, 0.29) is 5.75 Å². The van der Waals surface area contributed by atoms with Gasteiger partial charge in [-0.2, -0.15) is 0 Å². The van der Waals surface area contributed by atoms with Crippen molar-refractivity contribution in [2.45, 2.75) is 39.2 Å². The summed E-state index contributed by atoms with van der Waals surface area (Å²) in [6.45, 7) is 8.64. The average Bonchev–Trinajstić information content (AvgIpc) is 1.98. The maximum atomic E-state index is 11.6. The second kappa shape index (κ2) is 5.89. The summed E-state index contributed by atoms with van der Waals surface area (Å²) in [5, 5.41) is 0. The largest absolute Gasteiger partial charge is 0.443 e. The summed E-state index contributed by atoms with van der Waals surface area (Å²) < 4.78 is 26.0. The van der Waals surface area contributed by atoms with E-state index in [0.29, 0.717) is 12.8 Å². The Bertz CT molecular complexity index is 342. The predicted molar refractivity (Wildman–Crippen MR) is 64.5 cm³/mol. The van der Waals surface area contributed by atoms with Crippen LogP contribution in [0.1, 0.15) is 33.6 Å². The van der Waals surface area contributed by atoms with Crippen LogP contribution in [0.5, 0.6) is 0 Å². The lowest BCUT2D eigenvalue weighted by atomic mass is 10.2. The fraction of sp³-hybridized carbons (Fsp3) is 0.700. The molecule has 0 saturated carbocycles. The summed E-state index contributed by atoms with van der Waals surface area (Å²) >= 11 is 0. The Morgan fingerprint density at radius 2 is 2.12 bits per heavy atom. The highest BCUT2D eigenvalue weighted by atomic mass is 32.2. The van der Waals surface area contributed by atoms with E-state index in [1.54, 1.807) is 26.8 Å². The van der Waals surface area contributed by atoms with Crippen molar-refractivity contribution in [3.05, 3.63) is 12.7 Å². The van der Waals surface area contributed by atoms with E-state index >= 15 is 0 Å². The van der Waals surface area contributed by atoms with Crippen LogP contribution >= 0.6 is 0 Å². The van der Waals surface area contributed by atoms with Gasteiger partial charge in [0.15, 0.2) is 0 Å². The summed E-state index contributed by atoms with van der Waals surface area (Å²) in [5.41, 5.74) is -0.652. The zero-order chi connectivity index (χ0) is 12.8. The first-order valence-electron chi connectivity index (χ1n) is 5.04. The maximum absolute atomic E-state index is 11.6. The van der Waals surface area contributed by atoms with Gasteiger partial charge in [-0.25, -0.2) is 18.5 Å². The molecule has 0 spiro atoms. The van der Waals surface area contributed by atoms with Gasteiger partial charge in [-0.15, -0.1) is 6.58 Å². The smallest absolute Gasteiger partial charge is 0.420 e. The van der Waals surface area contributed by atoms with Crippen molar-refractivity contribution < 1.29 is 13.7 Å². The normalized spacial score (nSPS) is 14.9. The third-order valence-corrected chi connectivity index (χ3v) is 2.85. The van der Waals surface area contributed by atoms with Crippen molar-refractivity contribution in [3.8, 4) is 0 Å². The van der Waals surface area contributed by atoms with Crippen molar-refractivity contribution in [1.82, 2.24) is 4.72 Å².